The van der Waals surface area contributed by atoms with Gasteiger partial charge in [0.1, 0.15) is 11.0 Å². The van der Waals surface area contributed by atoms with Crippen molar-refractivity contribution in [3.8, 4) is 11.5 Å². The number of methoxy groups -OCH3 is 1. The minimum absolute atomic E-state index is 0.0135. The van der Waals surface area contributed by atoms with Crippen molar-refractivity contribution in [3.05, 3.63) is 53.8 Å². The summed E-state index contributed by atoms with van der Waals surface area (Å²) in [6.45, 7) is 4.31. The van der Waals surface area contributed by atoms with Gasteiger partial charge < -0.3 is 20.1 Å². The third-order valence-corrected chi connectivity index (χ3v) is 5.69. The fraction of sp³-hybridized carbons (Fsp3) is 0.304. The standard InChI is InChI=1S/C23H25FN4O4S/c1-4-11-32-17-8-6-16(7-9-17)25-22(30)20-13-21(29)26-23(33-20)28-27-14(2)15-5-10-19(31-3)18(24)12-15/h5-10,12,20H,4,11,13H2,1-3H3,(H,25,30)(H,26,28,29). The summed E-state index contributed by atoms with van der Waals surface area (Å²) in [5.74, 6) is -0.313. The summed E-state index contributed by atoms with van der Waals surface area (Å²) in [5, 5.41) is 13.1. The van der Waals surface area contributed by atoms with E-state index in [2.05, 4.69) is 20.8 Å². The molecule has 2 N–H and O–H groups in total. The Morgan fingerprint density at radius 2 is 2.03 bits per heavy atom. The number of rotatable bonds is 8. The molecular formula is C23H25FN4O4S. The van der Waals surface area contributed by atoms with Crippen molar-refractivity contribution in [2.45, 2.75) is 31.9 Å². The Hall–Kier alpha value is -3.40. The van der Waals surface area contributed by atoms with E-state index in [1.165, 1.54) is 19.2 Å². The van der Waals surface area contributed by atoms with Crippen LogP contribution in [0.5, 0.6) is 11.5 Å². The van der Waals surface area contributed by atoms with Gasteiger partial charge in [-0.2, -0.15) is 5.10 Å². The SMILES string of the molecule is CCCOc1ccc(NC(=O)C2CC(=O)N/C(=N\N=C(C)c3ccc(OC)c(F)c3)S2)cc1. The van der Waals surface area contributed by atoms with E-state index >= 15 is 0 Å². The van der Waals surface area contributed by atoms with Gasteiger partial charge in [-0.3, -0.25) is 9.59 Å². The zero-order chi connectivity index (χ0) is 23.8. The molecule has 1 fully saturated rings. The molecule has 2 aromatic rings. The Balaban J connectivity index is 1.65. The zero-order valence-electron chi connectivity index (χ0n) is 18.6. The minimum atomic E-state index is -0.664. The lowest BCUT2D eigenvalue weighted by Crippen LogP contribution is -2.41. The molecule has 1 aliphatic heterocycles. The highest BCUT2D eigenvalue weighted by Crippen LogP contribution is 2.24. The van der Waals surface area contributed by atoms with E-state index in [1.54, 1.807) is 37.3 Å². The molecule has 0 radical (unpaired) electrons. The van der Waals surface area contributed by atoms with Crippen LogP contribution in [0.15, 0.2) is 52.7 Å². The van der Waals surface area contributed by atoms with E-state index in [9.17, 15) is 14.0 Å². The van der Waals surface area contributed by atoms with E-state index in [0.717, 1.165) is 23.9 Å². The number of thioether (sulfide) groups is 1. The number of amides is 2. The molecule has 8 nitrogen and oxygen atoms in total. The molecule has 2 aromatic carbocycles. The number of halogens is 1. The van der Waals surface area contributed by atoms with Crippen LogP contribution in [0.25, 0.3) is 0 Å². The first-order valence-corrected chi connectivity index (χ1v) is 11.2. The fourth-order valence-corrected chi connectivity index (χ4v) is 3.82. The van der Waals surface area contributed by atoms with Gasteiger partial charge in [-0.1, -0.05) is 18.7 Å². The molecule has 10 heteroatoms. The minimum Gasteiger partial charge on any atom is -0.494 e. The average Bonchev–Trinajstić information content (AvgIpc) is 2.81. The van der Waals surface area contributed by atoms with E-state index in [4.69, 9.17) is 9.47 Å². The van der Waals surface area contributed by atoms with Crippen LogP contribution < -0.4 is 20.1 Å². The summed E-state index contributed by atoms with van der Waals surface area (Å²) < 4.78 is 24.4. The fourth-order valence-electron chi connectivity index (χ4n) is 2.89. The summed E-state index contributed by atoms with van der Waals surface area (Å²) in [6.07, 6.45) is 0.920. The largest absolute Gasteiger partial charge is 0.494 e. The highest BCUT2D eigenvalue weighted by Gasteiger charge is 2.30. The second-order valence-electron chi connectivity index (χ2n) is 7.16. The molecule has 33 heavy (non-hydrogen) atoms. The molecule has 1 atom stereocenters. The van der Waals surface area contributed by atoms with Crippen LogP contribution in [0.3, 0.4) is 0 Å². The summed E-state index contributed by atoms with van der Waals surface area (Å²) >= 11 is 1.10. The number of hydrogen-bond acceptors (Lipinski definition) is 7. The van der Waals surface area contributed by atoms with E-state index in [-0.39, 0.29) is 29.2 Å². The average molecular weight is 473 g/mol. The first-order chi connectivity index (χ1) is 15.9. The van der Waals surface area contributed by atoms with Gasteiger partial charge in [-0.15, -0.1) is 5.10 Å². The third kappa shape index (κ3) is 6.79. The molecule has 0 spiro atoms. The first-order valence-electron chi connectivity index (χ1n) is 10.4. The molecule has 0 saturated carbocycles. The Morgan fingerprint density at radius 1 is 1.27 bits per heavy atom. The van der Waals surface area contributed by atoms with E-state index < -0.39 is 11.1 Å². The molecular weight excluding hydrogens is 447 g/mol. The van der Waals surface area contributed by atoms with Crippen molar-refractivity contribution in [1.82, 2.24) is 5.32 Å². The molecule has 3 rings (SSSR count). The van der Waals surface area contributed by atoms with Gasteiger partial charge in [-0.25, -0.2) is 4.39 Å². The van der Waals surface area contributed by atoms with Crippen molar-refractivity contribution in [2.75, 3.05) is 19.0 Å². The van der Waals surface area contributed by atoms with Crippen LogP contribution in [0.1, 0.15) is 32.3 Å². The summed E-state index contributed by atoms with van der Waals surface area (Å²) in [7, 11) is 1.39. The molecule has 1 heterocycles. The number of ether oxygens (including phenoxy) is 2. The summed E-state index contributed by atoms with van der Waals surface area (Å²) in [5.41, 5.74) is 1.56. The number of amidine groups is 1. The van der Waals surface area contributed by atoms with Crippen LogP contribution in [0.4, 0.5) is 10.1 Å². The highest BCUT2D eigenvalue weighted by atomic mass is 32.2. The summed E-state index contributed by atoms with van der Waals surface area (Å²) in [6, 6.07) is 11.5. The topological polar surface area (TPSA) is 101 Å². The highest BCUT2D eigenvalue weighted by molar-refractivity contribution is 8.15. The monoisotopic (exact) mass is 472 g/mol. The smallest absolute Gasteiger partial charge is 0.238 e. The second-order valence-corrected chi connectivity index (χ2v) is 8.35. The number of nitrogens with zero attached hydrogens (tertiary/aromatic N) is 2. The van der Waals surface area contributed by atoms with Crippen molar-refractivity contribution in [1.29, 1.82) is 0 Å². The van der Waals surface area contributed by atoms with Crippen molar-refractivity contribution in [3.63, 3.8) is 0 Å². The number of carbonyl (C=O) groups excluding carboxylic acids is 2. The van der Waals surface area contributed by atoms with Gasteiger partial charge in [0.05, 0.1) is 19.4 Å². The lowest BCUT2D eigenvalue weighted by atomic mass is 10.1. The van der Waals surface area contributed by atoms with Gasteiger partial charge in [-0.05, 0) is 55.8 Å². The lowest BCUT2D eigenvalue weighted by Gasteiger charge is -2.21. The van der Waals surface area contributed by atoms with Crippen LogP contribution in [-0.4, -0.2) is 41.7 Å². The maximum Gasteiger partial charge on any atom is 0.238 e. The van der Waals surface area contributed by atoms with Crippen LogP contribution in [0, 0.1) is 5.82 Å². The molecule has 0 aromatic heterocycles. The zero-order valence-corrected chi connectivity index (χ0v) is 19.4. The number of carbonyl (C=O) groups is 2. The lowest BCUT2D eigenvalue weighted by molar-refractivity contribution is -0.123. The number of hydrogen-bond donors (Lipinski definition) is 2. The molecule has 0 aliphatic carbocycles. The van der Waals surface area contributed by atoms with Gasteiger partial charge in [0.15, 0.2) is 16.7 Å². The maximum absolute atomic E-state index is 13.9. The molecule has 174 valence electrons. The Kier molecular flexibility index (Phi) is 8.42. The molecule has 1 aliphatic rings. The van der Waals surface area contributed by atoms with Crippen molar-refractivity contribution >= 4 is 40.1 Å². The van der Waals surface area contributed by atoms with Gasteiger partial charge in [0, 0.05) is 17.7 Å². The predicted octanol–water partition coefficient (Wildman–Crippen LogP) is 3.96. The molecule has 1 unspecified atom stereocenters. The quantitative estimate of drug-likeness (QED) is 0.447. The van der Waals surface area contributed by atoms with E-state index in [1.807, 2.05) is 6.92 Å². The maximum atomic E-state index is 13.9. The third-order valence-electron chi connectivity index (χ3n) is 4.62. The number of anilines is 1. The Labute approximate surface area is 195 Å². The van der Waals surface area contributed by atoms with Gasteiger partial charge in [0.2, 0.25) is 11.8 Å². The van der Waals surface area contributed by atoms with Gasteiger partial charge >= 0.3 is 0 Å². The number of benzene rings is 2. The predicted molar refractivity (Wildman–Crippen MR) is 128 cm³/mol. The van der Waals surface area contributed by atoms with Crippen LogP contribution in [0.2, 0.25) is 0 Å². The second kappa shape index (κ2) is 11.5. The van der Waals surface area contributed by atoms with Crippen molar-refractivity contribution in [2.24, 2.45) is 10.2 Å². The molecule has 1 saturated heterocycles. The van der Waals surface area contributed by atoms with Crippen molar-refractivity contribution < 1.29 is 23.5 Å². The number of nitrogens with one attached hydrogen (secondary N) is 2. The molecule has 2 amide bonds. The van der Waals surface area contributed by atoms with Crippen LogP contribution in [-0.2, 0) is 9.59 Å². The van der Waals surface area contributed by atoms with Gasteiger partial charge in [0.25, 0.3) is 0 Å². The molecule has 0 bridgehead atoms. The Bertz CT molecular complexity index is 1070. The Morgan fingerprint density at radius 3 is 2.70 bits per heavy atom. The summed E-state index contributed by atoms with van der Waals surface area (Å²) in [4.78, 5) is 24.8. The van der Waals surface area contributed by atoms with Crippen LogP contribution >= 0.6 is 11.8 Å². The normalized spacial score (nSPS) is 17.5. The van der Waals surface area contributed by atoms with E-state index in [0.29, 0.717) is 23.6 Å². The first kappa shape index (κ1) is 24.2.